The number of rotatable bonds is 24. The van der Waals surface area contributed by atoms with Gasteiger partial charge in [0.15, 0.2) is 11.9 Å². The molecule has 1 aliphatic heterocycles. The first-order valence-corrected chi connectivity index (χ1v) is 29.2. The number of hydrogen-bond acceptors (Lipinski definition) is 16. The molecular weight excluding hydrogens is 1200 g/mol. The highest BCUT2D eigenvalue weighted by Gasteiger charge is 2.56. The Bertz CT molecular complexity index is 3610. The van der Waals surface area contributed by atoms with E-state index in [-0.39, 0.29) is 61.3 Å². The van der Waals surface area contributed by atoms with Crippen LogP contribution in [0.2, 0.25) is 20.1 Å². The zero-order valence-electron chi connectivity index (χ0n) is 45.3. The van der Waals surface area contributed by atoms with Crippen molar-refractivity contribution >= 4 is 72.1 Å². The second kappa shape index (κ2) is 28.8. The minimum atomic E-state index is -5.22. The molecule has 0 radical (unpaired) electrons. The molecule has 8 aromatic rings. The van der Waals surface area contributed by atoms with Crippen LogP contribution in [-0.4, -0.2) is 76.0 Å². The number of nitriles is 1. The average Bonchev–Trinajstić information content (AvgIpc) is 2.43. The molecule has 1 unspecified atom stereocenters. The summed E-state index contributed by atoms with van der Waals surface area (Å²) >= 11 is 25.4. The molecule has 0 amide bonds. The van der Waals surface area contributed by atoms with Crippen molar-refractivity contribution in [3.63, 3.8) is 0 Å². The number of esters is 3. The first-order chi connectivity index (χ1) is 41.2. The molecule has 85 heavy (non-hydrogen) atoms. The summed E-state index contributed by atoms with van der Waals surface area (Å²) in [5, 5.41) is 9.86. The molecule has 1 heterocycles. The van der Waals surface area contributed by atoms with Crippen molar-refractivity contribution in [1.82, 2.24) is 0 Å². The zero-order valence-corrected chi connectivity index (χ0v) is 49.2. The van der Waals surface area contributed by atoms with Gasteiger partial charge in [0.25, 0.3) is 0 Å². The van der Waals surface area contributed by atoms with Crippen LogP contribution in [0.25, 0.3) is 0 Å². The lowest BCUT2D eigenvalue weighted by Gasteiger charge is -2.46. The predicted octanol–water partition coefficient (Wildman–Crippen LogP) is 14.5. The van der Waals surface area contributed by atoms with E-state index < -0.39 is 75.3 Å². The maximum atomic E-state index is 15.8. The van der Waals surface area contributed by atoms with Crippen molar-refractivity contribution in [3.05, 3.63) is 254 Å². The van der Waals surface area contributed by atoms with Gasteiger partial charge in [-0.1, -0.05) is 162 Å². The molecule has 1 aliphatic rings. The quantitative estimate of drug-likeness (QED) is 0.0138. The molecule has 16 nitrogen and oxygen atoms in total. The Hall–Kier alpha value is -7.91. The number of para-hydroxylation sites is 1. The Labute approximate surface area is 510 Å². The summed E-state index contributed by atoms with van der Waals surface area (Å²) in [6, 6.07) is 56.9. The molecule has 0 spiro atoms. The van der Waals surface area contributed by atoms with Gasteiger partial charge in [-0.05, 0) is 101 Å². The molecule has 0 aromatic heterocycles. The Morgan fingerprint density at radius 2 is 1.09 bits per heavy atom. The van der Waals surface area contributed by atoms with Gasteiger partial charge in [-0.2, -0.15) is 5.26 Å². The monoisotopic (exact) mass is 1250 g/mol. The van der Waals surface area contributed by atoms with E-state index in [0.29, 0.717) is 33.8 Å². The van der Waals surface area contributed by atoms with Crippen molar-refractivity contribution in [2.75, 3.05) is 27.4 Å². The van der Waals surface area contributed by atoms with Gasteiger partial charge in [-0.3, -0.25) is 13.8 Å². The number of hydrogen-bond donors (Lipinski definition) is 0. The summed E-state index contributed by atoms with van der Waals surface area (Å²) in [4.78, 5) is 42.3. The van der Waals surface area contributed by atoms with Crippen LogP contribution < -0.4 is 23.5 Å². The van der Waals surface area contributed by atoms with Crippen LogP contribution in [0.5, 0.6) is 28.7 Å². The highest BCUT2D eigenvalue weighted by Crippen LogP contribution is 2.54. The summed E-state index contributed by atoms with van der Waals surface area (Å²) in [5.41, 5.74) is 0.795. The van der Waals surface area contributed by atoms with Crippen LogP contribution in [0.1, 0.15) is 49.4 Å². The van der Waals surface area contributed by atoms with Gasteiger partial charge in [0, 0.05) is 6.07 Å². The zero-order chi connectivity index (χ0) is 59.9. The lowest BCUT2D eigenvalue weighted by Crippen LogP contribution is -2.63. The lowest BCUT2D eigenvalue weighted by atomic mass is 9.80. The van der Waals surface area contributed by atoms with Crippen molar-refractivity contribution < 1.29 is 70.4 Å². The van der Waals surface area contributed by atoms with Crippen LogP contribution in [0.15, 0.2) is 200 Å². The fourth-order valence-electron chi connectivity index (χ4n) is 9.13. The molecule has 0 N–H and O–H groups in total. The number of phosphoric ester groups is 1. The number of phosphoric acid groups is 1. The highest BCUT2D eigenvalue weighted by molar-refractivity contribution is 7.49. The fraction of sp³-hybridized carbons (Fsp3) is 0.188. The summed E-state index contributed by atoms with van der Waals surface area (Å²) in [6.45, 7) is -1.06. The van der Waals surface area contributed by atoms with Gasteiger partial charge in [0.2, 0.25) is 12.4 Å². The van der Waals surface area contributed by atoms with E-state index in [2.05, 4.69) is 0 Å². The number of benzene rings is 8. The van der Waals surface area contributed by atoms with E-state index in [4.69, 9.17) is 97.9 Å². The van der Waals surface area contributed by atoms with Gasteiger partial charge in [0.1, 0.15) is 40.8 Å². The van der Waals surface area contributed by atoms with E-state index >= 15 is 4.57 Å². The van der Waals surface area contributed by atoms with Crippen LogP contribution in [0.4, 0.5) is 0 Å². The molecule has 0 bridgehead atoms. The molecule has 1 saturated heterocycles. The third kappa shape index (κ3) is 15.3. The van der Waals surface area contributed by atoms with Gasteiger partial charge in [-0.25, -0.2) is 14.2 Å². The number of nitrogens with zero attached hydrogens (tertiary/aromatic N) is 1. The van der Waals surface area contributed by atoms with E-state index in [1.54, 1.807) is 105 Å². The molecule has 1 fully saturated rings. The minimum absolute atomic E-state index is 0.0369. The molecular formula is C64H52Cl4NO15P. The van der Waals surface area contributed by atoms with Gasteiger partial charge in [-0.15, -0.1) is 0 Å². The van der Waals surface area contributed by atoms with E-state index in [1.807, 2.05) is 60.7 Å². The van der Waals surface area contributed by atoms with Gasteiger partial charge >= 0.3 is 25.7 Å². The Morgan fingerprint density at radius 3 is 1.65 bits per heavy atom. The molecule has 0 aliphatic carbocycles. The van der Waals surface area contributed by atoms with Crippen LogP contribution >= 0.6 is 54.2 Å². The summed E-state index contributed by atoms with van der Waals surface area (Å²) in [5.74, 6) is -1.55. The Morgan fingerprint density at radius 1 is 0.576 bits per heavy atom. The van der Waals surface area contributed by atoms with Crippen molar-refractivity contribution in [2.45, 2.75) is 49.1 Å². The van der Waals surface area contributed by atoms with Crippen LogP contribution in [0, 0.1) is 11.3 Å². The maximum Gasteiger partial charge on any atom is 0.530 e. The number of carbonyl (C=O) groups is 3. The normalized spacial score (nSPS) is 17.3. The Kier molecular flexibility index (Phi) is 20.9. The third-order valence-corrected chi connectivity index (χ3v) is 15.9. The summed E-state index contributed by atoms with van der Waals surface area (Å²) < 4.78 is 85.0. The molecule has 21 heteroatoms. The summed E-state index contributed by atoms with van der Waals surface area (Å²) in [7, 11) is -2.13. The molecule has 6 atom stereocenters. The minimum Gasteiger partial charge on any atom is -0.497 e. The third-order valence-electron chi connectivity index (χ3n) is 13.2. The van der Waals surface area contributed by atoms with Crippen LogP contribution in [0.3, 0.4) is 0 Å². The standard InChI is InChI=1S/C64H52Cl4NO15P/c1-74-47-29-25-45(26-30-47)64(44-20-11-5-12-21-44,46-27-31-48(75-2)32-28-46)76-40-56-58(84-85(73,77-35-15-34-69)83-54-33-24-41(36-52(54)67)37-57(70)79-55-39-51(66)50(65)38-53(55)68)59(81-61(71)42-16-7-3-8-17-42)60(82-62(72)43-18-9-4-10-19-43)63(80-56)78-49-22-13-6-14-23-49/h3-14,16-33,36,38-39,56,58-60,63H,15,35,37,40H2,1-2H3/t56-,58-,59+,60-,63-,85?/m1/s1. The Balaban J connectivity index is 1.18. The van der Waals surface area contributed by atoms with Gasteiger partial charge < -0.3 is 42.4 Å². The maximum absolute atomic E-state index is 15.8. The average molecular weight is 1250 g/mol. The van der Waals surface area contributed by atoms with E-state index in [1.165, 1.54) is 54.6 Å². The topological polar surface area (TPSA) is 194 Å². The molecule has 8 aromatic carbocycles. The first kappa shape index (κ1) is 61.6. The molecule has 9 rings (SSSR count). The second-order valence-corrected chi connectivity index (χ2v) is 21.9. The van der Waals surface area contributed by atoms with Crippen molar-refractivity contribution in [2.24, 2.45) is 0 Å². The largest absolute Gasteiger partial charge is 0.530 e. The summed E-state index contributed by atoms with van der Waals surface area (Å²) in [6.07, 6.45) is -9.32. The predicted molar refractivity (Wildman–Crippen MR) is 317 cm³/mol. The number of ether oxygens (including phenoxy) is 8. The fourth-order valence-corrected chi connectivity index (χ4v) is 11.4. The number of carbonyl (C=O) groups excluding carboxylic acids is 3. The number of methoxy groups -OCH3 is 2. The highest BCUT2D eigenvalue weighted by atomic mass is 35.5. The SMILES string of the molecule is COc1ccc(C(OC[C@H]2O[C@@H](Oc3ccccc3)[C@H](OC(=O)c3ccccc3)[C@@H](OC(=O)c3ccccc3)[C@@H]2OP(=O)(OCCC#N)Oc2ccc(CC(=O)Oc3cc(Cl)c(Cl)cc3Cl)cc2Cl)(c2ccccc2)c2ccc(OC)cc2)cc1. The first-order valence-electron chi connectivity index (χ1n) is 26.2. The van der Waals surface area contributed by atoms with E-state index in [9.17, 15) is 19.6 Å². The van der Waals surface area contributed by atoms with Gasteiger partial charge in [0.05, 0.1) is 77.6 Å². The smallest absolute Gasteiger partial charge is 0.497 e. The van der Waals surface area contributed by atoms with Crippen molar-refractivity contribution in [3.8, 4) is 34.8 Å². The molecule has 0 saturated carbocycles. The lowest BCUT2D eigenvalue weighted by molar-refractivity contribution is -0.278. The van der Waals surface area contributed by atoms with Crippen molar-refractivity contribution in [1.29, 1.82) is 5.26 Å². The second-order valence-electron chi connectivity index (χ2n) is 18.7. The van der Waals surface area contributed by atoms with Crippen LogP contribution in [-0.2, 0) is 49.4 Å². The molecule has 436 valence electrons. The van der Waals surface area contributed by atoms with E-state index in [0.717, 1.165) is 0 Å². The number of halogens is 4.